The summed E-state index contributed by atoms with van der Waals surface area (Å²) >= 11 is 11.7. The van der Waals surface area contributed by atoms with Crippen LogP contribution in [0, 0.1) is 5.82 Å². The van der Waals surface area contributed by atoms with Crippen LogP contribution in [0.3, 0.4) is 0 Å². The molecule has 100 valence electrons. The standard InChI is InChI=1S/C13H12Cl2FN3/c1-2-11(8-5-3-4-6-10(8)16)18-12-9(14)7-17-13(15)19-12/h3-7,11H,2H2,1H3,(H,17,18,19). The van der Waals surface area contributed by atoms with Gasteiger partial charge in [-0.05, 0) is 24.1 Å². The molecule has 2 aromatic rings. The van der Waals surface area contributed by atoms with Gasteiger partial charge in [-0.3, -0.25) is 0 Å². The van der Waals surface area contributed by atoms with Crippen molar-refractivity contribution in [1.29, 1.82) is 0 Å². The Bertz CT molecular complexity index is 578. The van der Waals surface area contributed by atoms with Gasteiger partial charge in [0, 0.05) is 5.56 Å². The molecule has 6 heteroatoms. The van der Waals surface area contributed by atoms with Crippen LogP contribution in [0.4, 0.5) is 10.2 Å². The molecule has 0 fully saturated rings. The Balaban J connectivity index is 2.29. The van der Waals surface area contributed by atoms with Gasteiger partial charge in [0.25, 0.3) is 0 Å². The Labute approximate surface area is 120 Å². The number of benzene rings is 1. The van der Waals surface area contributed by atoms with E-state index < -0.39 is 0 Å². The molecule has 1 aromatic heterocycles. The second-order valence-corrected chi connectivity index (χ2v) is 4.71. The molecule has 3 nitrogen and oxygen atoms in total. The molecule has 1 aromatic carbocycles. The van der Waals surface area contributed by atoms with Crippen molar-refractivity contribution >= 4 is 29.0 Å². The number of rotatable bonds is 4. The molecule has 0 aliphatic heterocycles. The van der Waals surface area contributed by atoms with Crippen LogP contribution in [0.15, 0.2) is 30.5 Å². The first kappa shape index (κ1) is 14.0. The minimum Gasteiger partial charge on any atom is -0.362 e. The van der Waals surface area contributed by atoms with Crippen molar-refractivity contribution in [1.82, 2.24) is 9.97 Å². The quantitative estimate of drug-likeness (QED) is 0.846. The number of nitrogens with one attached hydrogen (secondary N) is 1. The maximum atomic E-state index is 13.8. The van der Waals surface area contributed by atoms with E-state index in [1.807, 2.05) is 6.92 Å². The minimum absolute atomic E-state index is 0.0929. The lowest BCUT2D eigenvalue weighted by Crippen LogP contribution is -2.13. The van der Waals surface area contributed by atoms with Crippen LogP contribution in [0.1, 0.15) is 24.9 Å². The van der Waals surface area contributed by atoms with Crippen molar-refractivity contribution in [2.24, 2.45) is 0 Å². The Morgan fingerprint density at radius 1 is 1.32 bits per heavy atom. The predicted molar refractivity (Wildman–Crippen MR) is 75.1 cm³/mol. The van der Waals surface area contributed by atoms with Gasteiger partial charge in [-0.2, -0.15) is 4.98 Å². The Hall–Kier alpha value is -1.39. The summed E-state index contributed by atoms with van der Waals surface area (Å²) in [6.45, 7) is 1.95. The number of halogens is 3. The number of hydrogen-bond acceptors (Lipinski definition) is 3. The van der Waals surface area contributed by atoms with Crippen LogP contribution in [0.5, 0.6) is 0 Å². The molecule has 2 rings (SSSR count). The molecular formula is C13H12Cl2FN3. The zero-order valence-corrected chi connectivity index (χ0v) is 11.7. The summed E-state index contributed by atoms with van der Waals surface area (Å²) in [4.78, 5) is 7.78. The highest BCUT2D eigenvalue weighted by molar-refractivity contribution is 6.33. The molecule has 1 N–H and O–H groups in total. The maximum Gasteiger partial charge on any atom is 0.224 e. The highest BCUT2D eigenvalue weighted by Crippen LogP contribution is 2.27. The first-order chi connectivity index (χ1) is 9.11. The zero-order chi connectivity index (χ0) is 13.8. The minimum atomic E-state index is -0.266. The van der Waals surface area contributed by atoms with Gasteiger partial charge in [-0.25, -0.2) is 9.37 Å². The van der Waals surface area contributed by atoms with Gasteiger partial charge in [0.1, 0.15) is 16.7 Å². The lowest BCUT2D eigenvalue weighted by molar-refractivity contribution is 0.587. The van der Waals surface area contributed by atoms with E-state index in [2.05, 4.69) is 15.3 Å². The summed E-state index contributed by atoms with van der Waals surface area (Å²) in [5.41, 5.74) is 0.566. The fourth-order valence-corrected chi connectivity index (χ4v) is 2.05. The molecule has 1 heterocycles. The predicted octanol–water partition coefficient (Wildman–Crippen LogP) is 4.49. The summed E-state index contributed by atoms with van der Waals surface area (Å²) < 4.78 is 13.8. The molecular weight excluding hydrogens is 288 g/mol. The van der Waals surface area contributed by atoms with Gasteiger partial charge in [-0.15, -0.1) is 0 Å². The molecule has 1 unspecified atom stereocenters. The largest absolute Gasteiger partial charge is 0.362 e. The van der Waals surface area contributed by atoms with E-state index >= 15 is 0 Å². The number of nitrogens with zero attached hydrogens (tertiary/aromatic N) is 2. The van der Waals surface area contributed by atoms with Crippen LogP contribution >= 0.6 is 23.2 Å². The van der Waals surface area contributed by atoms with Crippen molar-refractivity contribution in [2.45, 2.75) is 19.4 Å². The second kappa shape index (κ2) is 6.17. The third-order valence-electron chi connectivity index (χ3n) is 2.71. The molecule has 0 bridgehead atoms. The van der Waals surface area contributed by atoms with E-state index in [0.717, 1.165) is 0 Å². The normalized spacial score (nSPS) is 12.2. The Morgan fingerprint density at radius 3 is 2.74 bits per heavy atom. The van der Waals surface area contributed by atoms with Crippen molar-refractivity contribution in [3.8, 4) is 0 Å². The van der Waals surface area contributed by atoms with Crippen LogP contribution in [-0.4, -0.2) is 9.97 Å². The SMILES string of the molecule is CCC(Nc1nc(Cl)ncc1Cl)c1ccccc1F. The lowest BCUT2D eigenvalue weighted by atomic mass is 10.0. The molecule has 0 saturated heterocycles. The first-order valence-corrected chi connectivity index (χ1v) is 6.56. The fraction of sp³-hybridized carbons (Fsp3) is 0.231. The number of aromatic nitrogens is 2. The second-order valence-electron chi connectivity index (χ2n) is 3.96. The Kier molecular flexibility index (Phi) is 4.56. The highest BCUT2D eigenvalue weighted by Gasteiger charge is 2.15. The van der Waals surface area contributed by atoms with Crippen LogP contribution in [0.2, 0.25) is 10.3 Å². The van der Waals surface area contributed by atoms with Crippen molar-refractivity contribution < 1.29 is 4.39 Å². The number of hydrogen-bond donors (Lipinski definition) is 1. The van der Waals surface area contributed by atoms with Gasteiger partial charge in [0.05, 0.1) is 12.2 Å². The van der Waals surface area contributed by atoms with Crippen LogP contribution < -0.4 is 5.32 Å². The molecule has 0 radical (unpaired) electrons. The summed E-state index contributed by atoms with van der Waals surface area (Å²) in [5.74, 6) is 0.134. The zero-order valence-electron chi connectivity index (χ0n) is 10.2. The average Bonchev–Trinajstić information content (AvgIpc) is 2.41. The Morgan fingerprint density at radius 2 is 2.05 bits per heavy atom. The topological polar surface area (TPSA) is 37.8 Å². The van der Waals surface area contributed by atoms with Crippen molar-refractivity contribution in [2.75, 3.05) is 5.32 Å². The van der Waals surface area contributed by atoms with E-state index in [0.29, 0.717) is 22.8 Å². The van der Waals surface area contributed by atoms with Gasteiger partial charge < -0.3 is 5.32 Å². The van der Waals surface area contributed by atoms with Crippen molar-refractivity contribution in [3.63, 3.8) is 0 Å². The first-order valence-electron chi connectivity index (χ1n) is 5.80. The van der Waals surface area contributed by atoms with E-state index in [1.54, 1.807) is 18.2 Å². The third-order valence-corrected chi connectivity index (χ3v) is 3.17. The van der Waals surface area contributed by atoms with Gasteiger partial charge >= 0.3 is 0 Å². The highest BCUT2D eigenvalue weighted by atomic mass is 35.5. The number of anilines is 1. The van der Waals surface area contributed by atoms with Gasteiger partial charge in [0.15, 0.2) is 0 Å². The van der Waals surface area contributed by atoms with E-state index in [4.69, 9.17) is 23.2 Å². The molecule has 0 saturated carbocycles. The average molecular weight is 300 g/mol. The maximum absolute atomic E-state index is 13.8. The third kappa shape index (κ3) is 3.33. The van der Waals surface area contributed by atoms with E-state index in [1.165, 1.54) is 12.3 Å². The summed E-state index contributed by atoms with van der Waals surface area (Å²) in [6, 6.07) is 6.36. The van der Waals surface area contributed by atoms with Gasteiger partial charge in [0.2, 0.25) is 5.28 Å². The van der Waals surface area contributed by atoms with E-state index in [-0.39, 0.29) is 17.1 Å². The molecule has 0 amide bonds. The fourth-order valence-electron chi connectivity index (χ4n) is 1.77. The lowest BCUT2D eigenvalue weighted by Gasteiger charge is -2.19. The smallest absolute Gasteiger partial charge is 0.224 e. The van der Waals surface area contributed by atoms with Crippen LogP contribution in [-0.2, 0) is 0 Å². The molecule has 0 aliphatic rings. The molecule has 0 spiro atoms. The van der Waals surface area contributed by atoms with Crippen LogP contribution in [0.25, 0.3) is 0 Å². The van der Waals surface area contributed by atoms with Gasteiger partial charge in [-0.1, -0.05) is 36.7 Å². The molecule has 19 heavy (non-hydrogen) atoms. The molecule has 1 atom stereocenters. The summed E-state index contributed by atoms with van der Waals surface area (Å²) in [5, 5.41) is 3.53. The summed E-state index contributed by atoms with van der Waals surface area (Å²) in [6.07, 6.45) is 2.09. The summed E-state index contributed by atoms with van der Waals surface area (Å²) in [7, 11) is 0. The monoisotopic (exact) mass is 299 g/mol. The molecule has 0 aliphatic carbocycles. The van der Waals surface area contributed by atoms with E-state index in [9.17, 15) is 4.39 Å². The van der Waals surface area contributed by atoms with Crippen molar-refractivity contribution in [3.05, 3.63) is 52.1 Å².